The van der Waals surface area contributed by atoms with Gasteiger partial charge in [0.1, 0.15) is 0 Å². The second-order valence-electron chi connectivity index (χ2n) is 4.91. The lowest BCUT2D eigenvalue weighted by Gasteiger charge is -2.26. The van der Waals surface area contributed by atoms with Crippen LogP contribution in [0.2, 0.25) is 0 Å². The van der Waals surface area contributed by atoms with Gasteiger partial charge >= 0.3 is 0 Å². The van der Waals surface area contributed by atoms with E-state index in [1.54, 1.807) is 7.11 Å². The summed E-state index contributed by atoms with van der Waals surface area (Å²) in [4.78, 5) is 2.48. The maximum absolute atomic E-state index is 5.32. The summed E-state index contributed by atoms with van der Waals surface area (Å²) in [5.41, 5.74) is 0. The summed E-state index contributed by atoms with van der Waals surface area (Å²) in [5.74, 6) is 0.659. The van der Waals surface area contributed by atoms with Crippen molar-refractivity contribution in [2.24, 2.45) is 5.92 Å². The first-order valence-electron chi connectivity index (χ1n) is 6.82. The van der Waals surface area contributed by atoms with Gasteiger partial charge in [-0.1, -0.05) is 6.92 Å². The van der Waals surface area contributed by atoms with E-state index in [1.807, 2.05) is 0 Å². The third-order valence-corrected chi connectivity index (χ3v) is 3.20. The predicted octanol–water partition coefficient (Wildman–Crippen LogP) is 0.971. The van der Waals surface area contributed by atoms with E-state index in [9.17, 15) is 0 Å². The van der Waals surface area contributed by atoms with Crippen molar-refractivity contribution in [3.05, 3.63) is 0 Å². The molecule has 1 atom stereocenters. The Bertz CT molecular complexity index is 173. The van der Waals surface area contributed by atoms with Crippen molar-refractivity contribution >= 4 is 0 Å². The van der Waals surface area contributed by atoms with Crippen LogP contribution in [0.15, 0.2) is 0 Å². The number of rotatable bonds is 9. The van der Waals surface area contributed by atoms with E-state index in [0.29, 0.717) is 5.92 Å². The van der Waals surface area contributed by atoms with Crippen LogP contribution in [-0.4, -0.2) is 64.6 Å². The van der Waals surface area contributed by atoms with Gasteiger partial charge in [-0.05, 0) is 38.4 Å². The molecule has 4 heteroatoms. The monoisotopic (exact) mass is 244 g/mol. The minimum absolute atomic E-state index is 0.659. The van der Waals surface area contributed by atoms with E-state index in [1.165, 1.54) is 19.4 Å². The van der Waals surface area contributed by atoms with Gasteiger partial charge in [-0.2, -0.15) is 0 Å². The zero-order chi connectivity index (χ0) is 12.3. The van der Waals surface area contributed by atoms with Crippen molar-refractivity contribution in [1.82, 2.24) is 10.2 Å². The first-order valence-corrected chi connectivity index (χ1v) is 6.82. The van der Waals surface area contributed by atoms with Crippen molar-refractivity contribution in [1.29, 1.82) is 0 Å². The molecule has 0 saturated carbocycles. The first kappa shape index (κ1) is 14.9. The van der Waals surface area contributed by atoms with Crippen LogP contribution in [0.3, 0.4) is 0 Å². The number of methoxy groups -OCH3 is 1. The van der Waals surface area contributed by atoms with Crippen LogP contribution >= 0.6 is 0 Å². The number of morpholine rings is 1. The molecule has 1 aliphatic rings. The highest BCUT2D eigenvalue weighted by atomic mass is 16.5. The lowest BCUT2D eigenvalue weighted by Crippen LogP contribution is -2.37. The molecule has 17 heavy (non-hydrogen) atoms. The van der Waals surface area contributed by atoms with Gasteiger partial charge in [-0.15, -0.1) is 0 Å². The van der Waals surface area contributed by atoms with E-state index < -0.39 is 0 Å². The van der Waals surface area contributed by atoms with E-state index >= 15 is 0 Å². The quantitative estimate of drug-likeness (QED) is 0.613. The molecule has 1 fully saturated rings. The average molecular weight is 244 g/mol. The Balaban J connectivity index is 1.83. The molecule has 1 unspecified atom stereocenters. The molecule has 102 valence electrons. The lowest BCUT2D eigenvalue weighted by molar-refractivity contribution is 0.0374. The smallest absolute Gasteiger partial charge is 0.0594 e. The van der Waals surface area contributed by atoms with E-state index in [0.717, 1.165) is 46.0 Å². The molecule has 4 nitrogen and oxygen atoms in total. The fraction of sp³-hybridized carbons (Fsp3) is 1.00. The standard InChI is InChI=1S/C13H28N2O2/c1-13(12-16-2)4-6-14-5-3-7-15-8-10-17-11-9-15/h13-14H,3-12H2,1-2H3. The van der Waals surface area contributed by atoms with Gasteiger partial charge in [-0.3, -0.25) is 4.90 Å². The van der Waals surface area contributed by atoms with Crippen LogP contribution in [-0.2, 0) is 9.47 Å². The topological polar surface area (TPSA) is 33.7 Å². The highest BCUT2D eigenvalue weighted by Gasteiger charge is 2.08. The molecule has 1 aliphatic heterocycles. The van der Waals surface area contributed by atoms with E-state index in [4.69, 9.17) is 9.47 Å². The molecular formula is C13H28N2O2. The summed E-state index contributed by atoms with van der Waals surface area (Å²) in [6.45, 7) is 10.5. The third kappa shape index (κ3) is 7.71. The van der Waals surface area contributed by atoms with Gasteiger partial charge < -0.3 is 14.8 Å². The Labute approximate surface area is 106 Å². The van der Waals surface area contributed by atoms with Crippen LogP contribution in [0.1, 0.15) is 19.8 Å². The predicted molar refractivity (Wildman–Crippen MR) is 70.4 cm³/mol. The molecule has 0 aromatic heterocycles. The zero-order valence-corrected chi connectivity index (χ0v) is 11.4. The third-order valence-electron chi connectivity index (χ3n) is 3.20. The summed E-state index contributed by atoms with van der Waals surface area (Å²) >= 11 is 0. The van der Waals surface area contributed by atoms with Crippen molar-refractivity contribution in [3.63, 3.8) is 0 Å². The van der Waals surface area contributed by atoms with E-state index in [-0.39, 0.29) is 0 Å². The fourth-order valence-electron chi connectivity index (χ4n) is 2.09. The molecule has 0 aromatic carbocycles. The van der Waals surface area contributed by atoms with Gasteiger partial charge in [0.25, 0.3) is 0 Å². The molecule has 0 bridgehead atoms. The van der Waals surface area contributed by atoms with E-state index in [2.05, 4.69) is 17.1 Å². The summed E-state index contributed by atoms with van der Waals surface area (Å²) in [5, 5.41) is 3.50. The number of nitrogens with one attached hydrogen (secondary N) is 1. The van der Waals surface area contributed by atoms with Crippen molar-refractivity contribution in [2.45, 2.75) is 19.8 Å². The molecule has 1 rings (SSSR count). The molecule has 0 aliphatic carbocycles. The second kappa shape index (κ2) is 9.83. The van der Waals surface area contributed by atoms with Crippen LogP contribution in [0, 0.1) is 5.92 Å². The molecule has 0 spiro atoms. The average Bonchev–Trinajstić information content (AvgIpc) is 2.35. The van der Waals surface area contributed by atoms with Crippen LogP contribution in [0.25, 0.3) is 0 Å². The van der Waals surface area contributed by atoms with Gasteiger partial charge in [0.15, 0.2) is 0 Å². The van der Waals surface area contributed by atoms with Gasteiger partial charge in [0.05, 0.1) is 13.2 Å². The SMILES string of the molecule is COCC(C)CCNCCCN1CCOCC1. The van der Waals surface area contributed by atoms with Gasteiger partial charge in [0, 0.05) is 26.8 Å². The molecular weight excluding hydrogens is 216 g/mol. The number of hydrogen-bond acceptors (Lipinski definition) is 4. The fourth-order valence-corrected chi connectivity index (χ4v) is 2.09. The molecule has 1 N–H and O–H groups in total. The Hall–Kier alpha value is -0.160. The van der Waals surface area contributed by atoms with Gasteiger partial charge in [-0.25, -0.2) is 0 Å². The number of hydrogen-bond donors (Lipinski definition) is 1. The molecule has 1 heterocycles. The minimum atomic E-state index is 0.659. The molecule has 0 radical (unpaired) electrons. The Kier molecular flexibility index (Phi) is 8.61. The normalized spacial score (nSPS) is 19.4. The lowest BCUT2D eigenvalue weighted by atomic mass is 10.1. The maximum Gasteiger partial charge on any atom is 0.0594 e. The summed E-state index contributed by atoms with van der Waals surface area (Å²) in [7, 11) is 1.77. The molecule has 1 saturated heterocycles. The number of ether oxygens (including phenoxy) is 2. The first-order chi connectivity index (χ1) is 8.33. The summed E-state index contributed by atoms with van der Waals surface area (Å²) < 4.78 is 10.4. The second-order valence-corrected chi connectivity index (χ2v) is 4.91. The maximum atomic E-state index is 5.32. The highest BCUT2D eigenvalue weighted by molar-refractivity contribution is 4.62. The van der Waals surface area contributed by atoms with Crippen LogP contribution in [0.5, 0.6) is 0 Å². The largest absolute Gasteiger partial charge is 0.384 e. The Morgan fingerprint density at radius 3 is 2.76 bits per heavy atom. The zero-order valence-electron chi connectivity index (χ0n) is 11.4. The van der Waals surface area contributed by atoms with Crippen molar-refractivity contribution in [2.75, 3.05) is 59.7 Å². The van der Waals surface area contributed by atoms with Crippen molar-refractivity contribution < 1.29 is 9.47 Å². The minimum Gasteiger partial charge on any atom is -0.384 e. The molecule has 0 aromatic rings. The summed E-state index contributed by atoms with van der Waals surface area (Å²) in [6.07, 6.45) is 2.43. The number of nitrogens with zero attached hydrogens (tertiary/aromatic N) is 1. The Morgan fingerprint density at radius 2 is 2.06 bits per heavy atom. The van der Waals surface area contributed by atoms with Gasteiger partial charge in [0.2, 0.25) is 0 Å². The van der Waals surface area contributed by atoms with Crippen molar-refractivity contribution in [3.8, 4) is 0 Å². The Morgan fingerprint density at radius 1 is 1.29 bits per heavy atom. The van der Waals surface area contributed by atoms with Crippen LogP contribution in [0.4, 0.5) is 0 Å². The highest BCUT2D eigenvalue weighted by Crippen LogP contribution is 2.00. The molecule has 0 amide bonds. The van der Waals surface area contributed by atoms with Crippen LogP contribution < -0.4 is 5.32 Å². The summed E-state index contributed by atoms with van der Waals surface area (Å²) in [6, 6.07) is 0.